The summed E-state index contributed by atoms with van der Waals surface area (Å²) in [4.78, 5) is 0. The van der Waals surface area contributed by atoms with Crippen molar-refractivity contribution in [3.05, 3.63) is 75.7 Å². The van der Waals surface area contributed by atoms with Crippen molar-refractivity contribution in [2.45, 2.75) is 13.0 Å². The molecular formula is C20H19BrClNO. The van der Waals surface area contributed by atoms with E-state index in [0.29, 0.717) is 11.6 Å². The molecule has 0 fully saturated rings. The molecule has 0 radical (unpaired) electrons. The molecule has 2 nitrogen and oxygen atoms in total. The van der Waals surface area contributed by atoms with Crippen LogP contribution in [0.5, 0.6) is 5.75 Å². The monoisotopic (exact) mass is 403 g/mol. The number of hydrogen-bond acceptors (Lipinski definition) is 2. The molecule has 3 aromatic rings. The minimum absolute atomic E-state index is 0.255. The molecular weight excluding hydrogens is 386 g/mol. The highest BCUT2D eigenvalue weighted by Gasteiger charge is 2.08. The van der Waals surface area contributed by atoms with E-state index in [-0.39, 0.29) is 6.04 Å². The molecule has 1 N–H and O–H groups in total. The third kappa shape index (κ3) is 4.29. The molecule has 1 atom stereocenters. The summed E-state index contributed by atoms with van der Waals surface area (Å²) in [5.74, 6) is 0.772. The maximum absolute atomic E-state index is 6.02. The molecule has 0 bridgehead atoms. The van der Waals surface area contributed by atoms with E-state index in [1.54, 1.807) is 0 Å². The first-order valence-electron chi connectivity index (χ1n) is 7.93. The molecule has 0 spiro atoms. The van der Waals surface area contributed by atoms with Crippen molar-refractivity contribution < 1.29 is 4.74 Å². The number of hydrogen-bond donors (Lipinski definition) is 1. The van der Waals surface area contributed by atoms with Crippen molar-refractivity contribution in [1.82, 2.24) is 5.32 Å². The van der Waals surface area contributed by atoms with Crippen LogP contribution in [-0.4, -0.2) is 13.2 Å². The van der Waals surface area contributed by atoms with Gasteiger partial charge in [-0.3, -0.25) is 0 Å². The SMILES string of the molecule is CC(NCCOc1cc(Cl)cc(Br)c1)c1cccc2ccccc12. The van der Waals surface area contributed by atoms with Gasteiger partial charge in [0, 0.05) is 22.1 Å². The van der Waals surface area contributed by atoms with Gasteiger partial charge in [-0.25, -0.2) is 0 Å². The Bertz CT molecular complexity index is 811. The smallest absolute Gasteiger partial charge is 0.121 e. The average Bonchev–Trinajstić information content (AvgIpc) is 2.57. The van der Waals surface area contributed by atoms with Crippen molar-refractivity contribution in [3.8, 4) is 5.75 Å². The Morgan fingerprint density at radius 1 is 1.08 bits per heavy atom. The summed E-state index contributed by atoms with van der Waals surface area (Å²) >= 11 is 9.44. The van der Waals surface area contributed by atoms with Crippen LogP contribution in [0.2, 0.25) is 5.02 Å². The molecule has 0 amide bonds. The number of fused-ring (bicyclic) bond motifs is 1. The molecule has 0 saturated carbocycles. The number of nitrogens with one attached hydrogen (secondary N) is 1. The first kappa shape index (κ1) is 17.3. The zero-order valence-electron chi connectivity index (χ0n) is 13.4. The molecule has 0 aromatic heterocycles. The summed E-state index contributed by atoms with van der Waals surface area (Å²) < 4.78 is 6.68. The van der Waals surface area contributed by atoms with E-state index in [2.05, 4.69) is 70.6 Å². The van der Waals surface area contributed by atoms with E-state index in [1.807, 2.05) is 18.2 Å². The van der Waals surface area contributed by atoms with Crippen LogP contribution in [0.4, 0.5) is 0 Å². The fraction of sp³-hybridized carbons (Fsp3) is 0.200. The number of rotatable bonds is 6. The Kier molecular flexibility index (Phi) is 5.77. The molecule has 1 unspecified atom stereocenters. The van der Waals surface area contributed by atoms with Gasteiger partial charge in [0.15, 0.2) is 0 Å². The summed E-state index contributed by atoms with van der Waals surface area (Å²) in [6.45, 7) is 3.52. The Hall–Kier alpha value is -1.55. The predicted octanol–water partition coefficient (Wildman–Crippen LogP) is 5.99. The zero-order chi connectivity index (χ0) is 16.9. The maximum Gasteiger partial charge on any atom is 0.121 e. The summed E-state index contributed by atoms with van der Waals surface area (Å²) in [6.07, 6.45) is 0. The third-order valence-corrected chi connectivity index (χ3v) is 4.62. The first-order valence-corrected chi connectivity index (χ1v) is 9.10. The second-order valence-corrected chi connectivity index (χ2v) is 7.05. The summed E-state index contributed by atoms with van der Waals surface area (Å²) in [5.41, 5.74) is 1.30. The quantitative estimate of drug-likeness (QED) is 0.510. The molecule has 124 valence electrons. The molecule has 3 rings (SSSR count). The average molecular weight is 405 g/mol. The molecule has 24 heavy (non-hydrogen) atoms. The van der Waals surface area contributed by atoms with Crippen molar-refractivity contribution >= 4 is 38.3 Å². The second-order valence-electron chi connectivity index (χ2n) is 5.70. The fourth-order valence-electron chi connectivity index (χ4n) is 2.79. The standard InChI is InChI=1S/C20H19BrClNO/c1-14(19-8-4-6-15-5-2-3-7-20(15)19)23-9-10-24-18-12-16(21)11-17(22)13-18/h2-8,11-14,23H,9-10H2,1H3. The summed E-state index contributed by atoms with van der Waals surface area (Å²) in [6, 6.07) is 20.7. The van der Waals surface area contributed by atoms with Gasteiger partial charge in [0.2, 0.25) is 0 Å². The molecule has 0 heterocycles. The van der Waals surface area contributed by atoms with Crippen LogP contribution in [0.25, 0.3) is 10.8 Å². The third-order valence-electron chi connectivity index (χ3n) is 3.95. The summed E-state index contributed by atoms with van der Waals surface area (Å²) in [7, 11) is 0. The van der Waals surface area contributed by atoms with Gasteiger partial charge in [0.1, 0.15) is 12.4 Å². The van der Waals surface area contributed by atoms with Crippen LogP contribution in [0.15, 0.2) is 65.1 Å². The van der Waals surface area contributed by atoms with Gasteiger partial charge in [0.25, 0.3) is 0 Å². The van der Waals surface area contributed by atoms with E-state index in [4.69, 9.17) is 16.3 Å². The van der Waals surface area contributed by atoms with E-state index in [9.17, 15) is 0 Å². The number of halogens is 2. The first-order chi connectivity index (χ1) is 11.6. The van der Waals surface area contributed by atoms with Crippen molar-refractivity contribution in [2.75, 3.05) is 13.2 Å². The largest absolute Gasteiger partial charge is 0.492 e. The van der Waals surface area contributed by atoms with Crippen LogP contribution in [0, 0.1) is 0 Å². The van der Waals surface area contributed by atoms with Gasteiger partial charge in [-0.1, -0.05) is 70.0 Å². The van der Waals surface area contributed by atoms with Crippen LogP contribution in [0.3, 0.4) is 0 Å². The molecule has 0 aliphatic heterocycles. The predicted molar refractivity (Wildman–Crippen MR) is 105 cm³/mol. The normalized spacial score (nSPS) is 12.3. The van der Waals surface area contributed by atoms with Gasteiger partial charge in [-0.05, 0) is 41.5 Å². The Labute approximate surface area is 155 Å². The lowest BCUT2D eigenvalue weighted by atomic mass is 10.00. The summed E-state index contributed by atoms with van der Waals surface area (Å²) in [5, 5.41) is 6.74. The van der Waals surface area contributed by atoms with Crippen LogP contribution < -0.4 is 10.1 Å². The van der Waals surface area contributed by atoms with Gasteiger partial charge in [-0.15, -0.1) is 0 Å². The maximum atomic E-state index is 6.02. The second kappa shape index (κ2) is 8.02. The van der Waals surface area contributed by atoms with E-state index in [1.165, 1.54) is 16.3 Å². The highest BCUT2D eigenvalue weighted by atomic mass is 79.9. The van der Waals surface area contributed by atoms with Crippen molar-refractivity contribution in [3.63, 3.8) is 0 Å². The van der Waals surface area contributed by atoms with E-state index >= 15 is 0 Å². The molecule has 3 aromatic carbocycles. The Morgan fingerprint density at radius 2 is 1.88 bits per heavy atom. The lowest BCUT2D eigenvalue weighted by Crippen LogP contribution is -2.24. The number of benzene rings is 3. The molecule has 4 heteroatoms. The Morgan fingerprint density at radius 3 is 2.71 bits per heavy atom. The zero-order valence-corrected chi connectivity index (χ0v) is 15.8. The lowest BCUT2D eigenvalue weighted by molar-refractivity contribution is 0.307. The van der Waals surface area contributed by atoms with Crippen molar-refractivity contribution in [2.24, 2.45) is 0 Å². The van der Waals surface area contributed by atoms with Gasteiger partial charge in [-0.2, -0.15) is 0 Å². The van der Waals surface area contributed by atoms with Crippen molar-refractivity contribution in [1.29, 1.82) is 0 Å². The van der Waals surface area contributed by atoms with Gasteiger partial charge >= 0.3 is 0 Å². The number of ether oxygens (including phenoxy) is 1. The van der Waals surface area contributed by atoms with Gasteiger partial charge in [0.05, 0.1) is 0 Å². The van der Waals surface area contributed by atoms with Crippen LogP contribution >= 0.6 is 27.5 Å². The van der Waals surface area contributed by atoms with E-state index < -0.39 is 0 Å². The van der Waals surface area contributed by atoms with Crippen LogP contribution in [0.1, 0.15) is 18.5 Å². The fourth-order valence-corrected chi connectivity index (χ4v) is 3.62. The molecule has 0 aliphatic carbocycles. The van der Waals surface area contributed by atoms with E-state index in [0.717, 1.165) is 16.8 Å². The minimum Gasteiger partial charge on any atom is -0.492 e. The highest BCUT2D eigenvalue weighted by Crippen LogP contribution is 2.25. The van der Waals surface area contributed by atoms with Crippen LogP contribution in [-0.2, 0) is 0 Å². The highest BCUT2D eigenvalue weighted by molar-refractivity contribution is 9.10. The van der Waals surface area contributed by atoms with Gasteiger partial charge < -0.3 is 10.1 Å². The topological polar surface area (TPSA) is 21.3 Å². The lowest BCUT2D eigenvalue weighted by Gasteiger charge is -2.17. The molecule has 0 saturated heterocycles. The molecule has 0 aliphatic rings. The Balaban J connectivity index is 1.58. The minimum atomic E-state index is 0.255.